The Balaban J connectivity index is 2.90. The zero-order valence-electron chi connectivity index (χ0n) is 12.1. The molecule has 1 heterocycles. The van der Waals surface area contributed by atoms with Gasteiger partial charge in [-0.25, -0.2) is 0 Å². The highest BCUT2D eigenvalue weighted by molar-refractivity contribution is 5.76. The Morgan fingerprint density at radius 2 is 2.05 bits per heavy atom. The van der Waals surface area contributed by atoms with Gasteiger partial charge in [-0.1, -0.05) is 13.8 Å². The zero-order valence-corrected chi connectivity index (χ0v) is 12.1. The van der Waals surface area contributed by atoms with Crippen LogP contribution in [-0.2, 0) is 11.3 Å². The van der Waals surface area contributed by atoms with Gasteiger partial charge < -0.3 is 20.3 Å². The predicted octanol–water partition coefficient (Wildman–Crippen LogP) is 0.440. The van der Waals surface area contributed by atoms with E-state index in [1.165, 1.54) is 22.9 Å². The van der Waals surface area contributed by atoms with Crippen LogP contribution in [0.2, 0.25) is 0 Å². The summed E-state index contributed by atoms with van der Waals surface area (Å²) in [5.41, 5.74) is 5.80. The van der Waals surface area contributed by atoms with Gasteiger partial charge in [0.1, 0.15) is 6.54 Å². The van der Waals surface area contributed by atoms with Gasteiger partial charge in [-0.05, 0) is 18.9 Å². The maximum atomic E-state index is 12.3. The van der Waals surface area contributed by atoms with E-state index in [2.05, 4.69) is 0 Å². The number of aromatic nitrogens is 1. The highest BCUT2D eigenvalue weighted by atomic mass is 16.3. The lowest BCUT2D eigenvalue weighted by molar-refractivity contribution is -0.135. The van der Waals surface area contributed by atoms with Crippen LogP contribution in [0.25, 0.3) is 0 Å². The second kappa shape index (κ2) is 7.69. The largest absolute Gasteiger partial charge is 0.398 e. The Hall–Kier alpha value is -1.82. The van der Waals surface area contributed by atoms with Crippen molar-refractivity contribution in [2.45, 2.75) is 39.3 Å². The smallest absolute Gasteiger partial charge is 0.251 e. The van der Waals surface area contributed by atoms with Crippen molar-refractivity contribution < 1.29 is 9.90 Å². The predicted molar refractivity (Wildman–Crippen MR) is 78.3 cm³/mol. The fraction of sp³-hybridized carbons (Fsp3) is 0.571. The molecule has 1 amide bonds. The number of rotatable bonds is 7. The summed E-state index contributed by atoms with van der Waals surface area (Å²) in [6, 6.07) is 2.93. The number of amides is 1. The standard InChI is InChI=1S/C14H23N3O3/c1-3-12(4-2)17(7-8-18)14(20)10-16-9-11(15)5-6-13(16)19/h5-6,9,12,18H,3-4,7-8,10,15H2,1-2H3. The molecule has 0 unspecified atom stereocenters. The van der Waals surface area contributed by atoms with E-state index in [0.29, 0.717) is 5.69 Å². The van der Waals surface area contributed by atoms with Crippen LogP contribution in [0.1, 0.15) is 26.7 Å². The van der Waals surface area contributed by atoms with E-state index in [9.17, 15) is 9.59 Å². The second-order valence-electron chi connectivity index (χ2n) is 4.71. The van der Waals surface area contributed by atoms with Gasteiger partial charge in [0.2, 0.25) is 5.91 Å². The van der Waals surface area contributed by atoms with Crippen molar-refractivity contribution in [3.63, 3.8) is 0 Å². The van der Waals surface area contributed by atoms with Crippen molar-refractivity contribution in [1.29, 1.82) is 0 Å². The van der Waals surface area contributed by atoms with Crippen molar-refractivity contribution in [2.75, 3.05) is 18.9 Å². The molecule has 1 rings (SSSR count). The summed E-state index contributed by atoms with van der Waals surface area (Å²) in [5, 5.41) is 9.11. The third kappa shape index (κ3) is 4.09. The maximum Gasteiger partial charge on any atom is 0.251 e. The van der Waals surface area contributed by atoms with Gasteiger partial charge in [0.05, 0.1) is 6.61 Å². The van der Waals surface area contributed by atoms with Crippen molar-refractivity contribution in [3.8, 4) is 0 Å². The minimum atomic E-state index is -0.263. The molecule has 3 N–H and O–H groups in total. The first-order valence-electron chi connectivity index (χ1n) is 6.89. The van der Waals surface area contributed by atoms with Gasteiger partial charge >= 0.3 is 0 Å². The number of carbonyl (C=O) groups is 1. The van der Waals surface area contributed by atoms with Crippen LogP contribution in [0, 0.1) is 0 Å². The molecule has 6 nitrogen and oxygen atoms in total. The third-order valence-corrected chi connectivity index (χ3v) is 3.36. The molecule has 0 aromatic carbocycles. The maximum absolute atomic E-state index is 12.3. The van der Waals surface area contributed by atoms with E-state index in [1.807, 2.05) is 13.8 Å². The average Bonchev–Trinajstić information content (AvgIpc) is 2.43. The van der Waals surface area contributed by atoms with E-state index in [1.54, 1.807) is 4.90 Å². The molecule has 1 aromatic heterocycles. The summed E-state index contributed by atoms with van der Waals surface area (Å²) >= 11 is 0. The lowest BCUT2D eigenvalue weighted by atomic mass is 10.1. The molecular weight excluding hydrogens is 258 g/mol. The van der Waals surface area contributed by atoms with Gasteiger partial charge in [0, 0.05) is 30.5 Å². The van der Waals surface area contributed by atoms with Gasteiger partial charge in [0.15, 0.2) is 0 Å². The van der Waals surface area contributed by atoms with Crippen LogP contribution in [0.15, 0.2) is 23.1 Å². The Labute approximate surface area is 118 Å². The van der Waals surface area contributed by atoms with E-state index in [4.69, 9.17) is 10.8 Å². The zero-order chi connectivity index (χ0) is 15.1. The van der Waals surface area contributed by atoms with Crippen LogP contribution < -0.4 is 11.3 Å². The summed E-state index contributed by atoms with van der Waals surface area (Å²) in [4.78, 5) is 25.7. The lowest BCUT2D eigenvalue weighted by Gasteiger charge is -2.30. The molecule has 0 aliphatic heterocycles. The molecule has 0 saturated heterocycles. The van der Waals surface area contributed by atoms with E-state index >= 15 is 0 Å². The van der Waals surface area contributed by atoms with Gasteiger partial charge in [-0.15, -0.1) is 0 Å². The van der Waals surface area contributed by atoms with Crippen LogP contribution in [0.4, 0.5) is 5.69 Å². The van der Waals surface area contributed by atoms with Crippen LogP contribution in [0.5, 0.6) is 0 Å². The van der Waals surface area contributed by atoms with Gasteiger partial charge in [0.25, 0.3) is 5.56 Å². The Bertz CT molecular complexity index is 495. The van der Waals surface area contributed by atoms with E-state index < -0.39 is 0 Å². The number of hydrogen-bond donors (Lipinski definition) is 2. The van der Waals surface area contributed by atoms with Crippen molar-refractivity contribution in [1.82, 2.24) is 9.47 Å². The second-order valence-corrected chi connectivity index (χ2v) is 4.71. The summed E-state index contributed by atoms with van der Waals surface area (Å²) in [5.74, 6) is -0.180. The number of hydrogen-bond acceptors (Lipinski definition) is 4. The quantitative estimate of drug-likeness (QED) is 0.759. The summed E-state index contributed by atoms with van der Waals surface area (Å²) in [6.45, 7) is 4.13. The van der Waals surface area contributed by atoms with Crippen LogP contribution in [0.3, 0.4) is 0 Å². The molecule has 1 aromatic rings. The van der Waals surface area contributed by atoms with Crippen LogP contribution in [-0.4, -0.2) is 39.7 Å². The van der Waals surface area contributed by atoms with Crippen molar-refractivity contribution in [2.24, 2.45) is 0 Å². The number of aliphatic hydroxyl groups is 1. The monoisotopic (exact) mass is 281 g/mol. The van der Waals surface area contributed by atoms with Crippen molar-refractivity contribution in [3.05, 3.63) is 28.7 Å². The topological polar surface area (TPSA) is 88.6 Å². The number of nitrogens with two attached hydrogens (primary N) is 1. The first-order chi connectivity index (χ1) is 9.53. The first-order valence-corrected chi connectivity index (χ1v) is 6.89. The fourth-order valence-corrected chi connectivity index (χ4v) is 2.26. The average molecular weight is 281 g/mol. The number of nitrogen functional groups attached to an aromatic ring is 1. The van der Waals surface area contributed by atoms with Gasteiger partial charge in [-0.2, -0.15) is 0 Å². The third-order valence-electron chi connectivity index (χ3n) is 3.36. The fourth-order valence-electron chi connectivity index (χ4n) is 2.26. The molecule has 0 fully saturated rings. The summed E-state index contributed by atoms with van der Waals surface area (Å²) in [7, 11) is 0. The lowest BCUT2D eigenvalue weighted by Crippen LogP contribution is -2.44. The molecule has 0 atom stereocenters. The normalized spacial score (nSPS) is 10.8. The highest BCUT2D eigenvalue weighted by Crippen LogP contribution is 2.09. The summed E-state index contributed by atoms with van der Waals surface area (Å²) < 4.78 is 1.30. The number of carbonyl (C=O) groups excluding carboxylic acids is 1. The number of anilines is 1. The number of nitrogens with zero attached hydrogens (tertiary/aromatic N) is 2. The molecule has 0 aliphatic rings. The molecule has 0 aliphatic carbocycles. The molecular formula is C14H23N3O3. The molecule has 112 valence electrons. The number of pyridine rings is 1. The molecule has 0 bridgehead atoms. The Kier molecular flexibility index (Phi) is 6.24. The number of aliphatic hydroxyl groups excluding tert-OH is 1. The molecule has 0 spiro atoms. The minimum Gasteiger partial charge on any atom is -0.398 e. The molecule has 0 saturated carbocycles. The Morgan fingerprint density at radius 1 is 1.40 bits per heavy atom. The van der Waals surface area contributed by atoms with Crippen molar-refractivity contribution >= 4 is 11.6 Å². The first kappa shape index (κ1) is 16.2. The molecule has 6 heteroatoms. The molecule has 0 radical (unpaired) electrons. The van der Waals surface area contributed by atoms with E-state index in [-0.39, 0.29) is 37.2 Å². The molecule has 20 heavy (non-hydrogen) atoms. The summed E-state index contributed by atoms with van der Waals surface area (Å²) in [6.07, 6.45) is 3.09. The van der Waals surface area contributed by atoms with E-state index in [0.717, 1.165) is 12.8 Å². The van der Waals surface area contributed by atoms with Crippen LogP contribution >= 0.6 is 0 Å². The SMILES string of the molecule is CCC(CC)N(CCO)C(=O)Cn1cc(N)ccc1=O. The minimum absolute atomic E-state index is 0.0552. The Morgan fingerprint density at radius 3 is 2.60 bits per heavy atom. The highest BCUT2D eigenvalue weighted by Gasteiger charge is 2.20. The van der Waals surface area contributed by atoms with Gasteiger partial charge in [-0.3, -0.25) is 9.59 Å².